The molecule has 0 aliphatic rings. The summed E-state index contributed by atoms with van der Waals surface area (Å²) in [6.45, 7) is 0.308. The van der Waals surface area contributed by atoms with Gasteiger partial charge in [-0.2, -0.15) is 0 Å². The van der Waals surface area contributed by atoms with E-state index in [1.54, 1.807) is 18.2 Å². The first-order chi connectivity index (χ1) is 6.17. The van der Waals surface area contributed by atoms with E-state index in [2.05, 4.69) is 0 Å². The molecule has 0 saturated carbocycles. The Morgan fingerprint density at radius 2 is 1.71 bits per heavy atom. The second-order valence-corrected chi connectivity index (χ2v) is 2.96. The number of halogens is 3. The Balaban J connectivity index is 0.00000169. The third kappa shape index (κ3) is 3.60. The molecule has 2 N–H and O–H groups in total. The van der Waals surface area contributed by atoms with Crippen molar-refractivity contribution in [3.05, 3.63) is 35.9 Å². The number of nitrogens with two attached hydrogens (primary N) is 1. The molecule has 0 aromatic heterocycles. The summed E-state index contributed by atoms with van der Waals surface area (Å²) in [5, 5.41) is 0. The maximum Gasteiger partial charge on any atom is 0.273 e. The fraction of sp³-hybridized carbons (Fsp3) is 0.400. The SMILES string of the molecule is Cl.NCCCC(F)(F)c1ccccc1. The molecule has 0 saturated heterocycles. The maximum absolute atomic E-state index is 13.3. The molecule has 0 amide bonds. The number of alkyl halides is 2. The van der Waals surface area contributed by atoms with E-state index in [1.807, 2.05) is 0 Å². The van der Waals surface area contributed by atoms with Crippen LogP contribution in [0.25, 0.3) is 0 Å². The van der Waals surface area contributed by atoms with Crippen molar-refractivity contribution in [3.63, 3.8) is 0 Å². The summed E-state index contributed by atoms with van der Waals surface area (Å²) in [6.07, 6.45) is 0.176. The summed E-state index contributed by atoms with van der Waals surface area (Å²) >= 11 is 0. The Labute approximate surface area is 88.7 Å². The van der Waals surface area contributed by atoms with Gasteiger partial charge in [-0.3, -0.25) is 0 Å². The highest BCUT2D eigenvalue weighted by molar-refractivity contribution is 5.85. The van der Waals surface area contributed by atoms with E-state index in [9.17, 15) is 8.78 Å². The molecule has 1 rings (SSSR count). The molecular formula is C10H14ClF2N. The van der Waals surface area contributed by atoms with Gasteiger partial charge in [-0.25, -0.2) is 8.78 Å². The average molecular weight is 222 g/mol. The van der Waals surface area contributed by atoms with Gasteiger partial charge in [0.1, 0.15) is 0 Å². The Morgan fingerprint density at radius 1 is 1.14 bits per heavy atom. The van der Waals surface area contributed by atoms with Crippen LogP contribution in [0, 0.1) is 0 Å². The number of hydrogen-bond acceptors (Lipinski definition) is 1. The second-order valence-electron chi connectivity index (χ2n) is 2.96. The monoisotopic (exact) mass is 221 g/mol. The van der Waals surface area contributed by atoms with Crippen LogP contribution in [0.4, 0.5) is 8.78 Å². The van der Waals surface area contributed by atoms with E-state index >= 15 is 0 Å². The lowest BCUT2D eigenvalue weighted by Crippen LogP contribution is -2.15. The summed E-state index contributed by atoms with van der Waals surface area (Å²) in [5.41, 5.74) is 5.25. The molecule has 0 unspecified atom stereocenters. The number of benzene rings is 1. The van der Waals surface area contributed by atoms with Crippen molar-refractivity contribution in [2.75, 3.05) is 6.54 Å². The van der Waals surface area contributed by atoms with E-state index in [4.69, 9.17) is 5.73 Å². The average Bonchev–Trinajstić information content (AvgIpc) is 2.16. The van der Waals surface area contributed by atoms with Crippen LogP contribution in [-0.2, 0) is 5.92 Å². The Morgan fingerprint density at radius 3 is 2.21 bits per heavy atom. The van der Waals surface area contributed by atoms with Crippen LogP contribution < -0.4 is 5.73 Å². The van der Waals surface area contributed by atoms with Gasteiger partial charge < -0.3 is 5.73 Å². The highest BCUT2D eigenvalue weighted by Gasteiger charge is 2.29. The van der Waals surface area contributed by atoms with Gasteiger partial charge in [-0.05, 0) is 13.0 Å². The lowest BCUT2D eigenvalue weighted by molar-refractivity contribution is -0.0146. The first-order valence-corrected chi connectivity index (χ1v) is 4.30. The quantitative estimate of drug-likeness (QED) is 0.831. The minimum Gasteiger partial charge on any atom is -0.330 e. The molecule has 80 valence electrons. The first kappa shape index (κ1) is 13.3. The molecule has 4 heteroatoms. The van der Waals surface area contributed by atoms with Crippen LogP contribution in [0.15, 0.2) is 30.3 Å². The van der Waals surface area contributed by atoms with Gasteiger partial charge in [-0.15, -0.1) is 12.4 Å². The molecule has 0 bridgehead atoms. The van der Waals surface area contributed by atoms with Gasteiger partial charge in [0.05, 0.1) is 0 Å². The summed E-state index contributed by atoms with van der Waals surface area (Å²) < 4.78 is 26.6. The molecule has 0 radical (unpaired) electrons. The molecule has 0 fully saturated rings. The van der Waals surface area contributed by atoms with Gasteiger partial charge in [-0.1, -0.05) is 30.3 Å². The molecule has 0 heterocycles. The lowest BCUT2D eigenvalue weighted by atomic mass is 10.0. The predicted octanol–water partition coefficient (Wildman–Crippen LogP) is 2.94. The molecule has 0 aliphatic heterocycles. The molecule has 0 aliphatic carbocycles. The van der Waals surface area contributed by atoms with Crippen LogP contribution in [0.1, 0.15) is 18.4 Å². The van der Waals surface area contributed by atoms with Gasteiger partial charge in [0.2, 0.25) is 0 Å². The van der Waals surface area contributed by atoms with Crippen LogP contribution >= 0.6 is 12.4 Å². The lowest BCUT2D eigenvalue weighted by Gasteiger charge is -2.15. The minimum absolute atomic E-state index is 0. The van der Waals surface area contributed by atoms with E-state index in [0.717, 1.165) is 0 Å². The first-order valence-electron chi connectivity index (χ1n) is 4.30. The highest BCUT2D eigenvalue weighted by Crippen LogP contribution is 2.32. The summed E-state index contributed by atoms with van der Waals surface area (Å²) in [7, 11) is 0. The number of hydrogen-bond donors (Lipinski definition) is 1. The maximum atomic E-state index is 13.3. The van der Waals surface area contributed by atoms with E-state index < -0.39 is 5.92 Å². The van der Waals surface area contributed by atoms with Crippen molar-refractivity contribution in [1.82, 2.24) is 0 Å². The standard InChI is InChI=1S/C10H13F2N.ClH/c11-10(12,7-4-8-13)9-5-2-1-3-6-9;/h1-3,5-6H,4,7-8,13H2;1H. The smallest absolute Gasteiger partial charge is 0.273 e. The zero-order chi connectivity index (χ0) is 9.73. The predicted molar refractivity (Wildman–Crippen MR) is 55.9 cm³/mol. The molecule has 14 heavy (non-hydrogen) atoms. The summed E-state index contributed by atoms with van der Waals surface area (Å²) in [6, 6.07) is 7.84. The van der Waals surface area contributed by atoms with Crippen LogP contribution in [0.2, 0.25) is 0 Å². The Bertz CT molecular complexity index is 252. The Kier molecular flexibility index (Phi) is 5.65. The largest absolute Gasteiger partial charge is 0.330 e. The van der Waals surface area contributed by atoms with Crippen molar-refractivity contribution < 1.29 is 8.78 Å². The van der Waals surface area contributed by atoms with Crippen LogP contribution in [0.5, 0.6) is 0 Å². The van der Waals surface area contributed by atoms with Crippen molar-refractivity contribution in [2.24, 2.45) is 5.73 Å². The summed E-state index contributed by atoms with van der Waals surface area (Å²) in [4.78, 5) is 0. The molecule has 1 nitrogen and oxygen atoms in total. The fourth-order valence-electron chi connectivity index (χ4n) is 1.15. The Hall–Kier alpha value is -0.670. The van der Waals surface area contributed by atoms with E-state index in [0.29, 0.717) is 13.0 Å². The zero-order valence-corrected chi connectivity index (χ0v) is 8.57. The van der Waals surface area contributed by atoms with Crippen LogP contribution in [0.3, 0.4) is 0 Å². The van der Waals surface area contributed by atoms with Gasteiger partial charge in [0.15, 0.2) is 0 Å². The number of rotatable bonds is 4. The van der Waals surface area contributed by atoms with Crippen LogP contribution in [-0.4, -0.2) is 6.54 Å². The molecule has 0 atom stereocenters. The fourth-order valence-corrected chi connectivity index (χ4v) is 1.15. The second kappa shape index (κ2) is 5.94. The van der Waals surface area contributed by atoms with Gasteiger partial charge in [0, 0.05) is 12.0 Å². The van der Waals surface area contributed by atoms with Crippen molar-refractivity contribution >= 4 is 12.4 Å². The topological polar surface area (TPSA) is 26.0 Å². The highest BCUT2D eigenvalue weighted by atomic mass is 35.5. The summed E-state index contributed by atoms with van der Waals surface area (Å²) in [5.74, 6) is -2.74. The molecule has 1 aromatic rings. The van der Waals surface area contributed by atoms with Crippen molar-refractivity contribution in [3.8, 4) is 0 Å². The normalized spacial score (nSPS) is 10.8. The van der Waals surface area contributed by atoms with Gasteiger partial charge in [0.25, 0.3) is 5.92 Å². The molecule has 1 aromatic carbocycles. The third-order valence-corrected chi connectivity index (χ3v) is 1.89. The zero-order valence-electron chi connectivity index (χ0n) is 7.75. The third-order valence-electron chi connectivity index (χ3n) is 1.89. The van der Waals surface area contributed by atoms with E-state index in [-0.39, 0.29) is 24.4 Å². The van der Waals surface area contributed by atoms with Gasteiger partial charge >= 0.3 is 0 Å². The minimum atomic E-state index is -2.74. The van der Waals surface area contributed by atoms with Crippen molar-refractivity contribution in [1.29, 1.82) is 0 Å². The van der Waals surface area contributed by atoms with E-state index in [1.165, 1.54) is 12.1 Å². The molecular weight excluding hydrogens is 208 g/mol. The molecule has 0 spiro atoms. The van der Waals surface area contributed by atoms with Crippen molar-refractivity contribution in [2.45, 2.75) is 18.8 Å².